The predicted molar refractivity (Wildman–Crippen MR) is 79.1 cm³/mol. The van der Waals surface area contributed by atoms with Crippen molar-refractivity contribution in [1.82, 2.24) is 20.0 Å². The quantitative estimate of drug-likeness (QED) is 0.885. The molecule has 2 rings (SSSR count). The lowest BCUT2D eigenvalue weighted by atomic mass is 9.87. The van der Waals surface area contributed by atoms with Gasteiger partial charge in [-0.3, -0.25) is 9.58 Å². The predicted octanol–water partition coefficient (Wildman–Crippen LogP) is 2.26. The Balaban J connectivity index is 2.13. The number of nitrogens with zero attached hydrogens (tertiary/aromatic N) is 3. The number of piperazine rings is 1. The summed E-state index contributed by atoms with van der Waals surface area (Å²) in [6.07, 6.45) is 6.60. The lowest BCUT2D eigenvalue weighted by molar-refractivity contribution is 0.0278. The highest BCUT2D eigenvalue weighted by atomic mass is 15.3. The summed E-state index contributed by atoms with van der Waals surface area (Å²) in [6, 6.07) is 0.576. The van der Waals surface area contributed by atoms with Gasteiger partial charge in [-0.1, -0.05) is 13.8 Å². The molecule has 4 heteroatoms. The third kappa shape index (κ3) is 3.00. The van der Waals surface area contributed by atoms with Crippen LogP contribution in [0, 0.1) is 0 Å². The average Bonchev–Trinajstić information content (AvgIpc) is 2.88. The highest BCUT2D eigenvalue weighted by molar-refractivity contribution is 5.07. The molecule has 1 atom stereocenters. The van der Waals surface area contributed by atoms with Crippen LogP contribution in [0.2, 0.25) is 0 Å². The molecule has 1 fully saturated rings. The van der Waals surface area contributed by atoms with Crippen molar-refractivity contribution in [3.63, 3.8) is 0 Å². The van der Waals surface area contributed by atoms with Gasteiger partial charge in [0.2, 0.25) is 0 Å². The van der Waals surface area contributed by atoms with E-state index < -0.39 is 0 Å². The van der Waals surface area contributed by atoms with Crippen LogP contribution < -0.4 is 5.32 Å². The smallest absolute Gasteiger partial charge is 0.0534 e. The molecule has 0 spiro atoms. The fourth-order valence-corrected chi connectivity index (χ4v) is 3.13. The van der Waals surface area contributed by atoms with Gasteiger partial charge in [0.25, 0.3) is 0 Å². The van der Waals surface area contributed by atoms with E-state index in [-0.39, 0.29) is 0 Å². The number of aryl methyl sites for hydroxylation is 1. The van der Waals surface area contributed by atoms with Crippen LogP contribution in [0.4, 0.5) is 0 Å². The van der Waals surface area contributed by atoms with Crippen LogP contribution in [0.25, 0.3) is 0 Å². The van der Waals surface area contributed by atoms with Gasteiger partial charge in [0.05, 0.1) is 6.20 Å². The largest absolute Gasteiger partial charge is 0.311 e. The third-order valence-corrected chi connectivity index (χ3v) is 4.65. The van der Waals surface area contributed by atoms with E-state index in [1.54, 1.807) is 0 Å². The van der Waals surface area contributed by atoms with Crippen LogP contribution in [0.15, 0.2) is 12.4 Å². The van der Waals surface area contributed by atoms with Gasteiger partial charge >= 0.3 is 0 Å². The third-order valence-electron chi connectivity index (χ3n) is 4.65. The first-order valence-electron chi connectivity index (χ1n) is 7.63. The highest BCUT2D eigenvalue weighted by Crippen LogP contribution is 2.28. The Bertz CT molecular complexity index is 395. The van der Waals surface area contributed by atoms with Crippen LogP contribution in [0.3, 0.4) is 0 Å². The molecule has 1 aliphatic heterocycles. The molecule has 0 aliphatic carbocycles. The Morgan fingerprint density at radius 3 is 2.68 bits per heavy atom. The minimum atomic E-state index is 0.306. The maximum absolute atomic E-state index is 4.39. The normalized spacial score (nSPS) is 23.7. The van der Waals surface area contributed by atoms with E-state index in [0.29, 0.717) is 11.6 Å². The molecule has 0 aromatic carbocycles. The zero-order valence-corrected chi connectivity index (χ0v) is 12.8. The Hall–Kier alpha value is -0.870. The molecule has 0 amide bonds. The summed E-state index contributed by atoms with van der Waals surface area (Å²) in [5, 5.41) is 8.04. The summed E-state index contributed by atoms with van der Waals surface area (Å²) in [4.78, 5) is 2.66. The highest BCUT2D eigenvalue weighted by Gasteiger charge is 2.37. The van der Waals surface area contributed by atoms with Gasteiger partial charge in [-0.05, 0) is 26.7 Å². The Morgan fingerprint density at radius 1 is 1.37 bits per heavy atom. The number of hydrogen-bond acceptors (Lipinski definition) is 3. The van der Waals surface area contributed by atoms with E-state index >= 15 is 0 Å². The van der Waals surface area contributed by atoms with Gasteiger partial charge in [-0.15, -0.1) is 0 Å². The van der Waals surface area contributed by atoms with Crippen molar-refractivity contribution in [2.45, 2.75) is 65.2 Å². The number of rotatable bonds is 5. The molecule has 1 saturated heterocycles. The Morgan fingerprint density at radius 2 is 2.11 bits per heavy atom. The molecule has 0 bridgehead atoms. The van der Waals surface area contributed by atoms with Crippen molar-refractivity contribution in [2.75, 3.05) is 13.1 Å². The van der Waals surface area contributed by atoms with Crippen LogP contribution in [0.5, 0.6) is 0 Å². The lowest BCUT2D eigenvalue weighted by Gasteiger charge is -2.49. The first-order valence-corrected chi connectivity index (χ1v) is 7.63. The van der Waals surface area contributed by atoms with Crippen LogP contribution in [0.1, 0.15) is 46.1 Å². The van der Waals surface area contributed by atoms with Gasteiger partial charge in [0.15, 0.2) is 0 Å². The van der Waals surface area contributed by atoms with Gasteiger partial charge < -0.3 is 5.32 Å². The van der Waals surface area contributed by atoms with E-state index in [2.05, 4.69) is 49.2 Å². The maximum Gasteiger partial charge on any atom is 0.0534 e. The standard InChI is InChI=1S/C15H28N4/c1-5-15(6-2)12-16-13(4)9-18(15)10-14-8-17-19(7-3)11-14/h8,11,13,16H,5-7,9-10,12H2,1-4H3. The van der Waals surface area contributed by atoms with E-state index in [1.807, 2.05) is 10.9 Å². The molecule has 1 aliphatic rings. The summed E-state index contributed by atoms with van der Waals surface area (Å²) >= 11 is 0. The first-order chi connectivity index (χ1) is 9.13. The molecule has 0 saturated carbocycles. The molecule has 1 aromatic rings. The van der Waals surface area contributed by atoms with Gasteiger partial charge in [-0.25, -0.2) is 0 Å². The Labute approximate surface area is 117 Å². The molecule has 4 nitrogen and oxygen atoms in total. The maximum atomic E-state index is 4.39. The summed E-state index contributed by atoms with van der Waals surface area (Å²) in [6.45, 7) is 13.2. The van der Waals surface area contributed by atoms with Crippen molar-refractivity contribution < 1.29 is 0 Å². The topological polar surface area (TPSA) is 33.1 Å². The second-order valence-electron chi connectivity index (χ2n) is 5.80. The second kappa shape index (κ2) is 6.06. The fraction of sp³-hybridized carbons (Fsp3) is 0.800. The summed E-state index contributed by atoms with van der Waals surface area (Å²) in [7, 11) is 0. The molecule has 19 heavy (non-hydrogen) atoms. The van der Waals surface area contributed by atoms with Crippen molar-refractivity contribution >= 4 is 0 Å². The van der Waals surface area contributed by atoms with Gasteiger partial charge in [0, 0.05) is 49.5 Å². The van der Waals surface area contributed by atoms with Gasteiger partial charge in [0.1, 0.15) is 0 Å². The number of aromatic nitrogens is 2. The van der Waals surface area contributed by atoms with Crippen LogP contribution in [-0.4, -0.2) is 39.4 Å². The minimum absolute atomic E-state index is 0.306. The molecule has 1 N–H and O–H groups in total. The lowest BCUT2D eigenvalue weighted by Crippen LogP contribution is -2.63. The monoisotopic (exact) mass is 264 g/mol. The van der Waals surface area contributed by atoms with Crippen molar-refractivity contribution in [3.8, 4) is 0 Å². The number of nitrogens with one attached hydrogen (secondary N) is 1. The van der Waals surface area contributed by atoms with Crippen LogP contribution in [-0.2, 0) is 13.1 Å². The molecular weight excluding hydrogens is 236 g/mol. The SMILES string of the molecule is CCn1cc(CN2CC(C)NCC2(CC)CC)cn1. The van der Waals surface area contributed by atoms with E-state index in [1.165, 1.54) is 18.4 Å². The van der Waals surface area contributed by atoms with Crippen LogP contribution >= 0.6 is 0 Å². The van der Waals surface area contributed by atoms with Crippen molar-refractivity contribution in [3.05, 3.63) is 18.0 Å². The zero-order valence-electron chi connectivity index (χ0n) is 12.8. The molecule has 2 heterocycles. The van der Waals surface area contributed by atoms with Crippen molar-refractivity contribution in [1.29, 1.82) is 0 Å². The number of hydrogen-bond donors (Lipinski definition) is 1. The van der Waals surface area contributed by atoms with Crippen molar-refractivity contribution in [2.24, 2.45) is 0 Å². The molecular formula is C15H28N4. The molecule has 0 radical (unpaired) electrons. The summed E-state index contributed by atoms with van der Waals surface area (Å²) in [5.41, 5.74) is 1.64. The fourth-order valence-electron chi connectivity index (χ4n) is 3.13. The Kier molecular flexibility index (Phi) is 4.63. The zero-order chi connectivity index (χ0) is 13.9. The van der Waals surface area contributed by atoms with E-state index in [9.17, 15) is 0 Å². The summed E-state index contributed by atoms with van der Waals surface area (Å²) < 4.78 is 2.01. The van der Waals surface area contributed by atoms with Gasteiger partial charge in [-0.2, -0.15) is 5.10 Å². The average molecular weight is 264 g/mol. The minimum Gasteiger partial charge on any atom is -0.311 e. The first kappa shape index (κ1) is 14.5. The van der Waals surface area contributed by atoms with E-state index in [0.717, 1.165) is 26.2 Å². The van der Waals surface area contributed by atoms with E-state index in [4.69, 9.17) is 0 Å². The molecule has 1 unspecified atom stereocenters. The molecule has 108 valence electrons. The molecule has 1 aromatic heterocycles. The second-order valence-corrected chi connectivity index (χ2v) is 5.80. The summed E-state index contributed by atoms with van der Waals surface area (Å²) in [5.74, 6) is 0.